The first-order valence-corrected chi connectivity index (χ1v) is 8.63. The zero-order valence-corrected chi connectivity index (χ0v) is 13.5. The molecule has 4 aliphatic carbocycles. The molecule has 4 aliphatic rings. The molecule has 0 aromatic carbocycles. The third-order valence-electron chi connectivity index (χ3n) is 7.32. The Hall–Kier alpha value is -1.22. The fraction of sp³-hybridized carbons (Fsp3) is 0.684. The van der Waals surface area contributed by atoms with Gasteiger partial charge in [-0.15, -0.1) is 0 Å². The molecule has 0 radical (unpaired) electrons. The van der Waals surface area contributed by atoms with Gasteiger partial charge < -0.3 is 5.11 Å². The largest absolute Gasteiger partial charge is 0.385 e. The van der Waals surface area contributed by atoms with Crippen molar-refractivity contribution in [3.8, 4) is 0 Å². The van der Waals surface area contributed by atoms with Gasteiger partial charge in [-0.05, 0) is 60.5 Å². The Bertz CT molecular complexity index is 592. The van der Waals surface area contributed by atoms with Crippen molar-refractivity contribution >= 4 is 0 Å². The highest BCUT2D eigenvalue weighted by atomic mass is 16.3. The summed E-state index contributed by atoms with van der Waals surface area (Å²) in [6.45, 7) is 4.71. The number of rotatable bonds is 1. The molecule has 0 amide bonds. The fourth-order valence-electron chi connectivity index (χ4n) is 5.95. The molecule has 4 rings (SSSR count). The molecule has 22 heavy (non-hydrogen) atoms. The summed E-state index contributed by atoms with van der Waals surface area (Å²) in [5.41, 5.74) is 9.11. The van der Waals surface area contributed by atoms with Crippen LogP contribution in [-0.4, -0.2) is 17.3 Å². The van der Waals surface area contributed by atoms with E-state index in [0.29, 0.717) is 17.8 Å². The highest BCUT2D eigenvalue weighted by Crippen LogP contribution is 2.63. The maximum absolute atomic E-state index is 9.89. The zero-order valence-electron chi connectivity index (χ0n) is 13.5. The molecule has 0 bridgehead atoms. The number of fused-ring (bicyclic) bond motifs is 5. The van der Waals surface area contributed by atoms with Gasteiger partial charge >= 0.3 is 0 Å². The molecular weight excluding hydrogens is 272 g/mol. The summed E-state index contributed by atoms with van der Waals surface area (Å²) in [5.74, 6) is 1.86. The van der Waals surface area contributed by atoms with Gasteiger partial charge in [0.1, 0.15) is 0 Å². The highest BCUT2D eigenvalue weighted by Gasteiger charge is 2.57. The maximum Gasteiger partial charge on any atom is 0.0908 e. The van der Waals surface area contributed by atoms with Crippen molar-refractivity contribution < 1.29 is 5.11 Å². The first-order valence-electron chi connectivity index (χ1n) is 8.63. The molecule has 2 unspecified atom stereocenters. The van der Waals surface area contributed by atoms with Crippen LogP contribution in [0.1, 0.15) is 39.5 Å². The van der Waals surface area contributed by atoms with E-state index in [2.05, 4.69) is 37.2 Å². The smallest absolute Gasteiger partial charge is 0.0908 e. The van der Waals surface area contributed by atoms with E-state index in [4.69, 9.17) is 5.53 Å². The lowest BCUT2D eigenvalue weighted by atomic mass is 9.50. The lowest BCUT2D eigenvalue weighted by molar-refractivity contribution is 0.0166. The molecule has 3 nitrogen and oxygen atoms in total. The van der Waals surface area contributed by atoms with Crippen LogP contribution in [0.4, 0.5) is 0 Å². The Morgan fingerprint density at radius 1 is 1.18 bits per heavy atom. The summed E-state index contributed by atoms with van der Waals surface area (Å²) >= 11 is 0. The van der Waals surface area contributed by atoms with Crippen LogP contribution in [0.3, 0.4) is 0 Å². The Morgan fingerprint density at radius 2 is 2.00 bits per heavy atom. The van der Waals surface area contributed by atoms with Gasteiger partial charge in [-0.25, -0.2) is 5.53 Å². The van der Waals surface area contributed by atoms with E-state index in [-0.39, 0.29) is 16.9 Å². The number of hydrogen-bond acceptors (Lipinski definition) is 3. The van der Waals surface area contributed by atoms with Gasteiger partial charge in [0, 0.05) is 5.41 Å². The molecule has 7 atom stereocenters. The van der Waals surface area contributed by atoms with E-state index in [1.807, 2.05) is 12.2 Å². The van der Waals surface area contributed by atoms with Gasteiger partial charge in [0.25, 0.3) is 0 Å². The van der Waals surface area contributed by atoms with Crippen LogP contribution in [0.5, 0.6) is 0 Å². The van der Waals surface area contributed by atoms with Crippen molar-refractivity contribution in [1.82, 2.24) is 0 Å². The molecule has 118 valence electrons. The summed E-state index contributed by atoms with van der Waals surface area (Å²) in [7, 11) is 0. The van der Waals surface area contributed by atoms with Crippen LogP contribution < -0.4 is 0 Å². The van der Waals surface area contributed by atoms with E-state index in [0.717, 1.165) is 6.42 Å². The van der Waals surface area contributed by atoms with Gasteiger partial charge in [0.15, 0.2) is 0 Å². The van der Waals surface area contributed by atoms with Crippen molar-refractivity contribution in [2.45, 2.75) is 51.7 Å². The minimum atomic E-state index is -0.434. The van der Waals surface area contributed by atoms with Crippen LogP contribution in [0.25, 0.3) is 0 Å². The van der Waals surface area contributed by atoms with Crippen molar-refractivity contribution in [1.29, 1.82) is 5.53 Å². The van der Waals surface area contributed by atoms with Crippen molar-refractivity contribution in [2.24, 2.45) is 33.7 Å². The van der Waals surface area contributed by atoms with E-state index in [9.17, 15) is 5.11 Å². The number of nitrogens with zero attached hydrogens (tertiary/aromatic N) is 1. The second-order valence-corrected chi connectivity index (χ2v) is 8.17. The van der Waals surface area contributed by atoms with E-state index >= 15 is 0 Å². The Labute approximate surface area is 132 Å². The van der Waals surface area contributed by atoms with Gasteiger partial charge in [0.05, 0.1) is 12.1 Å². The number of nitrogens with one attached hydrogen (secondary N) is 1. The molecule has 0 heterocycles. The van der Waals surface area contributed by atoms with E-state index in [1.54, 1.807) is 0 Å². The first kappa shape index (κ1) is 14.4. The predicted molar refractivity (Wildman–Crippen MR) is 86.5 cm³/mol. The fourth-order valence-corrected chi connectivity index (χ4v) is 5.95. The van der Waals surface area contributed by atoms with Crippen LogP contribution in [0.2, 0.25) is 0 Å². The Kier molecular flexibility index (Phi) is 3.03. The minimum absolute atomic E-state index is 0.0656. The van der Waals surface area contributed by atoms with E-state index in [1.165, 1.54) is 24.8 Å². The number of allylic oxidation sites excluding steroid dienone is 4. The Balaban J connectivity index is 1.74. The third kappa shape index (κ3) is 1.72. The molecule has 2 N–H and O–H groups in total. The molecule has 0 aromatic rings. The number of aliphatic hydroxyl groups is 1. The lowest BCUT2D eigenvalue weighted by Gasteiger charge is -2.54. The Morgan fingerprint density at radius 3 is 2.77 bits per heavy atom. The molecule has 2 fully saturated rings. The van der Waals surface area contributed by atoms with Crippen LogP contribution in [-0.2, 0) is 0 Å². The summed E-state index contributed by atoms with van der Waals surface area (Å²) in [6.07, 6.45) is 15.1. The molecule has 0 spiro atoms. The van der Waals surface area contributed by atoms with E-state index < -0.39 is 6.10 Å². The van der Waals surface area contributed by atoms with Gasteiger partial charge in [-0.1, -0.05) is 38.2 Å². The van der Waals surface area contributed by atoms with Crippen molar-refractivity contribution in [2.75, 3.05) is 0 Å². The second kappa shape index (κ2) is 4.64. The molecule has 3 heteroatoms. The van der Waals surface area contributed by atoms with Crippen molar-refractivity contribution in [3.63, 3.8) is 0 Å². The molecule has 0 aliphatic heterocycles. The second-order valence-electron chi connectivity index (χ2n) is 8.17. The van der Waals surface area contributed by atoms with Crippen LogP contribution >= 0.6 is 0 Å². The summed E-state index contributed by atoms with van der Waals surface area (Å²) in [6, 6.07) is 0.223. The lowest BCUT2D eigenvalue weighted by Crippen LogP contribution is -2.48. The molecule has 0 aromatic heterocycles. The van der Waals surface area contributed by atoms with Crippen LogP contribution in [0.15, 0.2) is 41.1 Å². The average Bonchev–Trinajstić information content (AvgIpc) is 2.84. The normalized spacial score (nSPS) is 52.5. The zero-order chi connectivity index (χ0) is 15.5. The van der Waals surface area contributed by atoms with Gasteiger partial charge in [-0.2, -0.15) is 5.11 Å². The predicted octanol–water partition coefficient (Wildman–Crippen LogP) is 4.26. The first-order chi connectivity index (χ1) is 10.5. The quantitative estimate of drug-likeness (QED) is 0.551. The monoisotopic (exact) mass is 298 g/mol. The minimum Gasteiger partial charge on any atom is -0.385 e. The summed E-state index contributed by atoms with van der Waals surface area (Å²) in [5, 5.41) is 13.8. The number of hydrogen-bond donors (Lipinski definition) is 2. The topological polar surface area (TPSA) is 56.4 Å². The maximum atomic E-state index is 9.89. The van der Waals surface area contributed by atoms with Crippen molar-refractivity contribution in [3.05, 3.63) is 36.0 Å². The molecule has 2 saturated carbocycles. The van der Waals surface area contributed by atoms with Gasteiger partial charge in [-0.3, -0.25) is 0 Å². The standard InChI is InChI=1S/C19H26N2O/c1-18-9-7-13(22)11-12(18)3-4-14-15-5-6-17(21-20)19(15,2)10-8-16(14)18/h3-4,7,9,11,13-17,20,22H,5-6,8,10H2,1-2H3/t13?,14-,15-,16-,17?,18-,19-/m0/s1. The summed E-state index contributed by atoms with van der Waals surface area (Å²) < 4.78 is 0. The third-order valence-corrected chi connectivity index (χ3v) is 7.32. The average molecular weight is 298 g/mol. The van der Waals surface area contributed by atoms with Gasteiger partial charge in [0.2, 0.25) is 0 Å². The summed E-state index contributed by atoms with van der Waals surface area (Å²) in [4.78, 5) is 0. The molecule has 0 saturated heterocycles. The SMILES string of the molecule is C[C@]12C=CC(O)C=C1C=C[C@@H]1[C@@H]2CC[C@]2(C)C(N=N)CC[C@@H]12. The number of aliphatic hydroxyl groups excluding tert-OH is 1. The van der Waals surface area contributed by atoms with Crippen LogP contribution in [0, 0.1) is 34.1 Å². The highest BCUT2D eigenvalue weighted by molar-refractivity contribution is 5.42. The molecular formula is C19H26N2O.